The first-order valence-corrected chi connectivity index (χ1v) is 6.42. The highest BCUT2D eigenvalue weighted by molar-refractivity contribution is 9.10. The number of hydrogen-bond donors (Lipinski definition) is 1. The van der Waals surface area contributed by atoms with E-state index in [4.69, 9.17) is 0 Å². The molecule has 0 saturated heterocycles. The lowest BCUT2D eigenvalue weighted by Crippen LogP contribution is -2.18. The maximum Gasteiger partial charge on any atom is 0.573 e. The van der Waals surface area contributed by atoms with Crippen LogP contribution in [-0.4, -0.2) is 11.3 Å². The van der Waals surface area contributed by atoms with Crippen molar-refractivity contribution in [3.05, 3.63) is 52.8 Å². The zero-order valence-electron chi connectivity index (χ0n) is 10.1. The first-order chi connectivity index (χ1) is 9.44. The monoisotopic (exact) mass is 346 g/mol. The van der Waals surface area contributed by atoms with Gasteiger partial charge in [0, 0.05) is 10.7 Å². The first kappa shape index (κ1) is 14.6. The van der Waals surface area contributed by atoms with Crippen molar-refractivity contribution in [2.75, 3.05) is 5.32 Å². The molecule has 0 radical (unpaired) electrons. The summed E-state index contributed by atoms with van der Waals surface area (Å²) in [4.78, 5) is 4.08. The molecule has 0 aliphatic rings. The molecule has 3 nitrogen and oxygen atoms in total. The number of halogens is 4. The second-order valence-corrected chi connectivity index (χ2v) is 4.78. The Bertz CT molecular complexity index is 576. The van der Waals surface area contributed by atoms with E-state index in [2.05, 4.69) is 31.0 Å². The number of anilines is 1. The fourth-order valence-electron chi connectivity index (χ4n) is 1.54. The van der Waals surface area contributed by atoms with Gasteiger partial charge in [0.25, 0.3) is 0 Å². The van der Waals surface area contributed by atoms with Crippen molar-refractivity contribution >= 4 is 21.6 Å². The third-order valence-electron chi connectivity index (χ3n) is 2.36. The third-order valence-corrected chi connectivity index (χ3v) is 2.85. The van der Waals surface area contributed by atoms with Crippen molar-refractivity contribution in [2.45, 2.75) is 12.9 Å². The van der Waals surface area contributed by atoms with E-state index < -0.39 is 6.36 Å². The minimum Gasteiger partial charge on any atom is -0.404 e. The molecule has 2 rings (SSSR count). The second-order valence-electron chi connectivity index (χ2n) is 3.86. The van der Waals surface area contributed by atoms with Crippen LogP contribution in [-0.2, 0) is 6.54 Å². The van der Waals surface area contributed by atoms with Gasteiger partial charge < -0.3 is 10.1 Å². The minimum atomic E-state index is -4.73. The van der Waals surface area contributed by atoms with Gasteiger partial charge in [-0.05, 0) is 30.3 Å². The average molecular weight is 347 g/mol. The van der Waals surface area contributed by atoms with Crippen LogP contribution in [0.25, 0.3) is 0 Å². The Morgan fingerprint density at radius 1 is 1.20 bits per heavy atom. The Kier molecular flexibility index (Phi) is 4.49. The summed E-state index contributed by atoms with van der Waals surface area (Å²) >= 11 is 3.11. The largest absolute Gasteiger partial charge is 0.573 e. The summed E-state index contributed by atoms with van der Waals surface area (Å²) in [6, 6.07) is 9.74. The standard InChI is InChI=1S/C13H10BrF3N2O/c14-9-4-5-11(12(7-9)20-13(15,16)17)19-8-10-3-1-2-6-18-10/h1-7,19H,8H2. The SMILES string of the molecule is FC(F)(F)Oc1cc(Br)ccc1NCc1ccccn1. The summed E-state index contributed by atoms with van der Waals surface area (Å²) in [6.07, 6.45) is -3.12. The average Bonchev–Trinajstić information content (AvgIpc) is 2.37. The minimum absolute atomic E-state index is 0.246. The lowest BCUT2D eigenvalue weighted by molar-refractivity contribution is -0.274. The van der Waals surface area contributed by atoms with Crippen LogP contribution in [0.2, 0.25) is 0 Å². The topological polar surface area (TPSA) is 34.1 Å². The molecule has 106 valence electrons. The number of nitrogens with zero attached hydrogens (tertiary/aromatic N) is 1. The Hall–Kier alpha value is -1.76. The van der Waals surface area contributed by atoms with Gasteiger partial charge in [-0.25, -0.2) is 0 Å². The maximum absolute atomic E-state index is 12.3. The zero-order valence-corrected chi connectivity index (χ0v) is 11.7. The highest BCUT2D eigenvalue weighted by Crippen LogP contribution is 2.33. The van der Waals surface area contributed by atoms with Crippen LogP contribution >= 0.6 is 15.9 Å². The Morgan fingerprint density at radius 2 is 2.00 bits per heavy atom. The van der Waals surface area contributed by atoms with Gasteiger partial charge in [-0.15, -0.1) is 13.2 Å². The molecule has 1 heterocycles. The van der Waals surface area contributed by atoms with Gasteiger partial charge in [0.2, 0.25) is 0 Å². The first-order valence-electron chi connectivity index (χ1n) is 5.63. The summed E-state index contributed by atoms with van der Waals surface area (Å²) in [6.45, 7) is 0.302. The molecule has 1 aromatic carbocycles. The fourth-order valence-corrected chi connectivity index (χ4v) is 1.88. The highest BCUT2D eigenvalue weighted by Gasteiger charge is 2.32. The van der Waals surface area contributed by atoms with Crippen molar-refractivity contribution in [3.8, 4) is 5.75 Å². The lowest BCUT2D eigenvalue weighted by atomic mass is 10.2. The molecular weight excluding hydrogens is 337 g/mol. The third kappa shape index (κ3) is 4.41. The number of rotatable bonds is 4. The van der Waals surface area contributed by atoms with Crippen LogP contribution in [0.15, 0.2) is 47.1 Å². The van der Waals surface area contributed by atoms with Crippen molar-refractivity contribution < 1.29 is 17.9 Å². The molecule has 0 fully saturated rings. The quantitative estimate of drug-likeness (QED) is 0.893. The molecule has 7 heteroatoms. The molecule has 0 aliphatic heterocycles. The molecule has 0 atom stereocenters. The molecule has 20 heavy (non-hydrogen) atoms. The zero-order chi connectivity index (χ0) is 14.6. The summed E-state index contributed by atoms with van der Waals surface area (Å²) < 4.78 is 41.5. The molecule has 0 aliphatic carbocycles. The number of benzene rings is 1. The molecule has 0 unspecified atom stereocenters. The summed E-state index contributed by atoms with van der Waals surface area (Å²) in [5.41, 5.74) is 0.963. The van der Waals surface area contributed by atoms with E-state index in [1.165, 1.54) is 12.1 Å². The van der Waals surface area contributed by atoms with Gasteiger partial charge in [-0.1, -0.05) is 22.0 Å². The van der Waals surface area contributed by atoms with Gasteiger partial charge in [-0.3, -0.25) is 4.98 Å². The van der Waals surface area contributed by atoms with Crippen LogP contribution in [0.5, 0.6) is 5.75 Å². The Labute approximate surface area is 121 Å². The number of hydrogen-bond acceptors (Lipinski definition) is 3. The number of nitrogens with one attached hydrogen (secondary N) is 1. The van der Waals surface area contributed by atoms with Crippen molar-refractivity contribution in [1.82, 2.24) is 4.98 Å². The van der Waals surface area contributed by atoms with Gasteiger partial charge >= 0.3 is 6.36 Å². The number of alkyl halides is 3. The number of ether oxygens (including phenoxy) is 1. The van der Waals surface area contributed by atoms with E-state index in [1.54, 1.807) is 30.5 Å². The van der Waals surface area contributed by atoms with E-state index in [0.29, 0.717) is 16.7 Å². The van der Waals surface area contributed by atoms with E-state index in [1.807, 2.05) is 0 Å². The second kappa shape index (κ2) is 6.13. The van der Waals surface area contributed by atoms with E-state index >= 15 is 0 Å². The summed E-state index contributed by atoms with van der Waals surface area (Å²) in [5, 5.41) is 2.87. The molecular formula is C13H10BrF3N2O. The van der Waals surface area contributed by atoms with Crippen LogP contribution < -0.4 is 10.1 Å². The smallest absolute Gasteiger partial charge is 0.404 e. The number of pyridine rings is 1. The highest BCUT2D eigenvalue weighted by atomic mass is 79.9. The fraction of sp³-hybridized carbons (Fsp3) is 0.154. The predicted octanol–water partition coefficient (Wildman–Crippen LogP) is 4.35. The molecule has 0 saturated carbocycles. The van der Waals surface area contributed by atoms with Gasteiger partial charge in [0.1, 0.15) is 0 Å². The Morgan fingerprint density at radius 3 is 2.65 bits per heavy atom. The normalized spacial score (nSPS) is 11.2. The summed E-state index contributed by atoms with van der Waals surface area (Å²) in [5.74, 6) is -0.289. The molecule has 0 spiro atoms. The predicted molar refractivity (Wildman–Crippen MR) is 72.4 cm³/mol. The Balaban J connectivity index is 2.14. The molecule has 0 bridgehead atoms. The van der Waals surface area contributed by atoms with Crippen molar-refractivity contribution in [3.63, 3.8) is 0 Å². The van der Waals surface area contributed by atoms with Crippen molar-refractivity contribution in [2.24, 2.45) is 0 Å². The van der Waals surface area contributed by atoms with Crippen molar-refractivity contribution in [1.29, 1.82) is 0 Å². The van der Waals surface area contributed by atoms with E-state index in [-0.39, 0.29) is 11.4 Å². The van der Waals surface area contributed by atoms with Gasteiger partial charge in [-0.2, -0.15) is 0 Å². The van der Waals surface area contributed by atoms with Gasteiger partial charge in [0.05, 0.1) is 17.9 Å². The summed E-state index contributed by atoms with van der Waals surface area (Å²) in [7, 11) is 0. The molecule has 1 aromatic heterocycles. The van der Waals surface area contributed by atoms with Crippen LogP contribution in [0, 0.1) is 0 Å². The molecule has 1 N–H and O–H groups in total. The van der Waals surface area contributed by atoms with E-state index in [0.717, 1.165) is 0 Å². The van der Waals surface area contributed by atoms with Crippen LogP contribution in [0.3, 0.4) is 0 Å². The lowest BCUT2D eigenvalue weighted by Gasteiger charge is -2.14. The van der Waals surface area contributed by atoms with Crippen LogP contribution in [0.4, 0.5) is 18.9 Å². The number of aromatic nitrogens is 1. The maximum atomic E-state index is 12.3. The molecule has 0 amide bonds. The van der Waals surface area contributed by atoms with Gasteiger partial charge in [0.15, 0.2) is 5.75 Å². The van der Waals surface area contributed by atoms with E-state index in [9.17, 15) is 13.2 Å². The van der Waals surface area contributed by atoms with Crippen LogP contribution in [0.1, 0.15) is 5.69 Å². The molecule has 2 aromatic rings.